The summed E-state index contributed by atoms with van der Waals surface area (Å²) < 4.78 is 5.49. The van der Waals surface area contributed by atoms with Gasteiger partial charge >= 0.3 is 0 Å². The molecule has 4 rings (SSSR count). The van der Waals surface area contributed by atoms with E-state index in [9.17, 15) is 4.79 Å². The summed E-state index contributed by atoms with van der Waals surface area (Å²) in [5, 5.41) is 6.35. The Hall–Kier alpha value is -1.10. The van der Waals surface area contributed by atoms with Crippen LogP contribution in [0.5, 0.6) is 0 Å². The molecular weight excluding hydrogens is 276 g/mol. The number of halogens is 1. The number of nitrogens with one attached hydrogen (secondary N) is 2. The van der Waals surface area contributed by atoms with Gasteiger partial charge in [-0.3, -0.25) is 4.79 Å². The van der Waals surface area contributed by atoms with E-state index in [1.807, 2.05) is 0 Å². The van der Waals surface area contributed by atoms with Crippen molar-refractivity contribution >= 4 is 18.3 Å². The molecule has 3 aliphatic rings. The summed E-state index contributed by atoms with van der Waals surface area (Å²) >= 11 is 0. The number of amides is 1. The van der Waals surface area contributed by atoms with Crippen molar-refractivity contribution in [1.82, 2.24) is 10.6 Å². The third-order valence-electron chi connectivity index (χ3n) is 4.57. The van der Waals surface area contributed by atoms with Crippen LogP contribution in [-0.2, 0) is 16.0 Å². The predicted octanol–water partition coefficient (Wildman–Crippen LogP) is 0.851. The maximum atomic E-state index is 12.1. The molecule has 4 atom stereocenters. The first-order chi connectivity index (χ1) is 9.34. The molecule has 2 N–H and O–H groups in total. The van der Waals surface area contributed by atoms with Crippen molar-refractivity contribution in [3.05, 3.63) is 35.4 Å². The third-order valence-corrected chi connectivity index (χ3v) is 4.57. The van der Waals surface area contributed by atoms with Crippen LogP contribution in [0.3, 0.4) is 0 Å². The number of morpholine rings is 1. The fraction of sp³-hybridized carbons (Fsp3) is 0.533. The van der Waals surface area contributed by atoms with Crippen LogP contribution in [0, 0.1) is 5.92 Å². The molecule has 108 valence electrons. The van der Waals surface area contributed by atoms with Crippen LogP contribution in [0.25, 0.3) is 0 Å². The van der Waals surface area contributed by atoms with E-state index in [0.29, 0.717) is 31.0 Å². The van der Waals surface area contributed by atoms with Crippen molar-refractivity contribution in [3.8, 4) is 0 Å². The van der Waals surface area contributed by atoms with Gasteiger partial charge in [-0.25, -0.2) is 0 Å². The summed E-state index contributed by atoms with van der Waals surface area (Å²) in [7, 11) is 0. The Bertz CT molecular complexity index is 516. The smallest absolute Gasteiger partial charge is 0.250 e. The highest BCUT2D eigenvalue weighted by Gasteiger charge is 2.56. The molecule has 4 unspecified atom stereocenters. The lowest BCUT2D eigenvalue weighted by Gasteiger charge is -2.23. The lowest BCUT2D eigenvalue weighted by molar-refractivity contribution is -0.134. The first-order valence-corrected chi connectivity index (χ1v) is 7.05. The van der Waals surface area contributed by atoms with Gasteiger partial charge in [0.05, 0.1) is 6.61 Å². The largest absolute Gasteiger partial charge is 0.366 e. The molecule has 1 saturated carbocycles. The molecule has 2 fully saturated rings. The van der Waals surface area contributed by atoms with E-state index in [4.69, 9.17) is 4.74 Å². The highest BCUT2D eigenvalue weighted by Crippen LogP contribution is 2.56. The van der Waals surface area contributed by atoms with Crippen LogP contribution in [0.2, 0.25) is 0 Å². The maximum absolute atomic E-state index is 12.1. The quantitative estimate of drug-likeness (QED) is 0.850. The second-order valence-electron chi connectivity index (χ2n) is 5.69. The summed E-state index contributed by atoms with van der Waals surface area (Å²) in [5.74, 6) is 1.19. The molecule has 4 nitrogen and oxygen atoms in total. The van der Waals surface area contributed by atoms with Crippen LogP contribution < -0.4 is 10.6 Å². The van der Waals surface area contributed by atoms with Gasteiger partial charge in [-0.2, -0.15) is 0 Å². The predicted molar refractivity (Wildman–Crippen MR) is 78.2 cm³/mol. The monoisotopic (exact) mass is 294 g/mol. The van der Waals surface area contributed by atoms with Gasteiger partial charge in [0.1, 0.15) is 6.10 Å². The molecular formula is C15H19ClN2O2. The Morgan fingerprint density at radius 3 is 3.00 bits per heavy atom. The highest BCUT2D eigenvalue weighted by atomic mass is 35.5. The van der Waals surface area contributed by atoms with Crippen molar-refractivity contribution < 1.29 is 9.53 Å². The first-order valence-electron chi connectivity index (χ1n) is 7.05. The van der Waals surface area contributed by atoms with E-state index in [1.165, 1.54) is 11.1 Å². The van der Waals surface area contributed by atoms with Crippen LogP contribution in [0.15, 0.2) is 24.3 Å². The van der Waals surface area contributed by atoms with Crippen molar-refractivity contribution in [1.29, 1.82) is 0 Å². The van der Waals surface area contributed by atoms with E-state index in [0.717, 1.165) is 13.0 Å². The molecule has 1 amide bonds. The Morgan fingerprint density at radius 2 is 2.20 bits per heavy atom. The van der Waals surface area contributed by atoms with Crippen molar-refractivity contribution in [2.45, 2.75) is 24.5 Å². The van der Waals surface area contributed by atoms with Crippen molar-refractivity contribution in [3.63, 3.8) is 0 Å². The number of carbonyl (C=O) groups excluding carboxylic acids is 1. The Morgan fingerprint density at radius 1 is 1.35 bits per heavy atom. The first kappa shape index (κ1) is 13.9. The Balaban J connectivity index is 0.00000121. The second-order valence-corrected chi connectivity index (χ2v) is 5.69. The zero-order valence-corrected chi connectivity index (χ0v) is 12.0. The minimum atomic E-state index is -0.315. The van der Waals surface area contributed by atoms with Gasteiger partial charge in [0.15, 0.2) is 0 Å². The zero-order chi connectivity index (χ0) is 12.8. The van der Waals surface area contributed by atoms with E-state index >= 15 is 0 Å². The molecule has 1 aromatic rings. The molecule has 1 saturated heterocycles. The van der Waals surface area contributed by atoms with Gasteiger partial charge in [-0.15, -0.1) is 12.4 Å². The second kappa shape index (κ2) is 5.35. The fourth-order valence-electron chi connectivity index (χ4n) is 3.54. The Kier molecular flexibility index (Phi) is 3.71. The maximum Gasteiger partial charge on any atom is 0.250 e. The van der Waals surface area contributed by atoms with Crippen molar-refractivity contribution in [2.75, 3.05) is 19.7 Å². The minimum Gasteiger partial charge on any atom is -0.366 e. The van der Waals surface area contributed by atoms with Gasteiger partial charge in [0.2, 0.25) is 0 Å². The Labute approximate surface area is 124 Å². The average molecular weight is 295 g/mol. The SMILES string of the molecule is Cl.O=C(NC1C2Cc3ccccc3C21)C1CNCCO1. The number of benzene rings is 1. The van der Waals surface area contributed by atoms with Crippen LogP contribution >= 0.6 is 12.4 Å². The topological polar surface area (TPSA) is 50.4 Å². The van der Waals surface area contributed by atoms with Crippen molar-refractivity contribution in [2.24, 2.45) is 5.92 Å². The molecule has 1 aliphatic heterocycles. The normalized spacial score (nSPS) is 33.6. The lowest BCUT2D eigenvalue weighted by Crippen LogP contribution is -2.48. The summed E-state index contributed by atoms with van der Waals surface area (Å²) in [6, 6.07) is 8.91. The molecule has 1 aromatic carbocycles. The van der Waals surface area contributed by atoms with Crippen LogP contribution in [0.1, 0.15) is 17.0 Å². The third kappa shape index (κ3) is 2.22. The van der Waals surface area contributed by atoms with Gasteiger partial charge < -0.3 is 15.4 Å². The number of rotatable bonds is 2. The van der Waals surface area contributed by atoms with Gasteiger partial charge in [-0.05, 0) is 23.5 Å². The van der Waals surface area contributed by atoms with Crippen LogP contribution in [-0.4, -0.2) is 37.7 Å². The summed E-state index contributed by atoms with van der Waals surface area (Å²) in [5.41, 5.74) is 2.89. The molecule has 0 bridgehead atoms. The molecule has 0 spiro atoms. The zero-order valence-electron chi connectivity index (χ0n) is 11.2. The number of ether oxygens (including phenoxy) is 1. The molecule has 0 aromatic heterocycles. The standard InChI is InChI=1S/C15H18N2O2.ClH/c18-15(12-8-16-5-6-19-12)17-14-11-7-9-3-1-2-4-10(9)13(11)14;/h1-4,11-14,16H,5-8H2,(H,17,18);1H. The van der Waals surface area contributed by atoms with E-state index < -0.39 is 0 Å². The molecule has 20 heavy (non-hydrogen) atoms. The van der Waals surface area contributed by atoms with E-state index in [-0.39, 0.29) is 24.4 Å². The fourth-order valence-corrected chi connectivity index (χ4v) is 3.54. The van der Waals surface area contributed by atoms with E-state index in [1.54, 1.807) is 0 Å². The number of carbonyl (C=O) groups is 1. The summed E-state index contributed by atoms with van der Waals surface area (Å²) in [6.45, 7) is 2.09. The van der Waals surface area contributed by atoms with Gasteiger partial charge in [0.25, 0.3) is 5.91 Å². The molecule has 5 heteroatoms. The van der Waals surface area contributed by atoms with Gasteiger partial charge in [0, 0.05) is 25.0 Å². The minimum absolute atomic E-state index is 0. The van der Waals surface area contributed by atoms with E-state index in [2.05, 4.69) is 34.9 Å². The molecule has 2 aliphatic carbocycles. The molecule has 1 heterocycles. The highest BCUT2D eigenvalue weighted by molar-refractivity contribution is 5.85. The van der Waals surface area contributed by atoms with Crippen LogP contribution in [0.4, 0.5) is 0 Å². The van der Waals surface area contributed by atoms with Gasteiger partial charge in [-0.1, -0.05) is 24.3 Å². The number of hydrogen-bond acceptors (Lipinski definition) is 3. The number of fused-ring (bicyclic) bond motifs is 3. The summed E-state index contributed by atoms with van der Waals surface area (Å²) in [4.78, 5) is 12.1. The number of hydrogen-bond donors (Lipinski definition) is 2. The lowest BCUT2D eigenvalue weighted by atomic mass is 10.1. The molecule has 0 radical (unpaired) electrons. The summed E-state index contributed by atoms with van der Waals surface area (Å²) in [6.07, 6.45) is 0.792. The average Bonchev–Trinajstić information content (AvgIpc) is 2.97.